The van der Waals surface area contributed by atoms with Crippen molar-refractivity contribution in [3.8, 4) is 17.2 Å². The molecule has 0 spiro atoms. The number of rotatable bonds is 2. The summed E-state index contributed by atoms with van der Waals surface area (Å²) in [6.07, 6.45) is -0.825. The number of ether oxygens (including phenoxy) is 3. The van der Waals surface area contributed by atoms with Crippen LogP contribution in [0.25, 0.3) is 0 Å². The van der Waals surface area contributed by atoms with E-state index in [2.05, 4.69) is 0 Å². The standard InChI is InChI=1S/C15H10Cl2O4/c16-10-6-5-9(7-11(10)17)20-15(18)14-8-19-12-3-1-2-4-13(12)21-14/h1-7,14H,8H2. The van der Waals surface area contributed by atoms with Gasteiger partial charge in [-0.15, -0.1) is 0 Å². The average Bonchev–Trinajstić information content (AvgIpc) is 2.50. The fourth-order valence-electron chi connectivity index (χ4n) is 1.86. The molecule has 0 saturated carbocycles. The molecule has 2 aromatic rings. The molecule has 1 heterocycles. The third kappa shape index (κ3) is 3.06. The summed E-state index contributed by atoms with van der Waals surface area (Å²) in [6, 6.07) is 11.7. The van der Waals surface area contributed by atoms with Gasteiger partial charge in [0.1, 0.15) is 12.4 Å². The van der Waals surface area contributed by atoms with Gasteiger partial charge in [-0.3, -0.25) is 0 Å². The molecule has 1 unspecified atom stereocenters. The number of benzene rings is 2. The van der Waals surface area contributed by atoms with Gasteiger partial charge in [0, 0.05) is 6.07 Å². The third-order valence-corrected chi connectivity index (χ3v) is 3.62. The summed E-state index contributed by atoms with van der Waals surface area (Å²) in [5.41, 5.74) is 0. The second kappa shape index (κ2) is 5.84. The van der Waals surface area contributed by atoms with Crippen LogP contribution >= 0.6 is 23.2 Å². The lowest BCUT2D eigenvalue weighted by molar-refractivity contribution is -0.144. The topological polar surface area (TPSA) is 44.8 Å². The predicted molar refractivity (Wildman–Crippen MR) is 78.5 cm³/mol. The first-order valence-corrected chi connectivity index (χ1v) is 6.94. The van der Waals surface area contributed by atoms with Crippen LogP contribution in [0.2, 0.25) is 10.0 Å². The lowest BCUT2D eigenvalue weighted by Crippen LogP contribution is -2.39. The van der Waals surface area contributed by atoms with Gasteiger partial charge in [0.05, 0.1) is 10.0 Å². The van der Waals surface area contributed by atoms with E-state index in [0.717, 1.165) is 0 Å². The number of hydrogen-bond donors (Lipinski definition) is 0. The second-order valence-electron chi connectivity index (χ2n) is 4.36. The Morgan fingerprint density at radius 1 is 1.10 bits per heavy atom. The van der Waals surface area contributed by atoms with Crippen molar-refractivity contribution in [3.63, 3.8) is 0 Å². The van der Waals surface area contributed by atoms with E-state index in [1.54, 1.807) is 30.3 Å². The Balaban J connectivity index is 1.70. The van der Waals surface area contributed by atoms with Crippen molar-refractivity contribution >= 4 is 29.2 Å². The van der Waals surface area contributed by atoms with Crippen molar-refractivity contribution in [1.82, 2.24) is 0 Å². The predicted octanol–water partition coefficient (Wildman–Crippen LogP) is 3.74. The van der Waals surface area contributed by atoms with Gasteiger partial charge in [-0.25, -0.2) is 4.79 Å². The van der Waals surface area contributed by atoms with E-state index >= 15 is 0 Å². The van der Waals surface area contributed by atoms with Crippen LogP contribution in [0.3, 0.4) is 0 Å². The number of para-hydroxylation sites is 2. The maximum Gasteiger partial charge on any atom is 0.356 e. The molecular weight excluding hydrogens is 315 g/mol. The van der Waals surface area contributed by atoms with Crippen molar-refractivity contribution in [2.24, 2.45) is 0 Å². The smallest absolute Gasteiger partial charge is 0.356 e. The van der Waals surface area contributed by atoms with Crippen LogP contribution in [0, 0.1) is 0 Å². The number of carbonyl (C=O) groups is 1. The first kappa shape index (κ1) is 14.0. The Bertz CT molecular complexity index is 687. The summed E-state index contributed by atoms with van der Waals surface area (Å²) in [7, 11) is 0. The number of carbonyl (C=O) groups excluding carboxylic acids is 1. The van der Waals surface area contributed by atoms with Gasteiger partial charge in [0.15, 0.2) is 11.5 Å². The minimum atomic E-state index is -0.825. The maximum absolute atomic E-state index is 12.1. The van der Waals surface area contributed by atoms with E-state index in [9.17, 15) is 4.79 Å². The van der Waals surface area contributed by atoms with Crippen LogP contribution in [0.4, 0.5) is 0 Å². The molecule has 0 saturated heterocycles. The first-order chi connectivity index (χ1) is 10.1. The maximum atomic E-state index is 12.1. The van der Waals surface area contributed by atoms with Gasteiger partial charge >= 0.3 is 5.97 Å². The lowest BCUT2D eigenvalue weighted by Gasteiger charge is -2.24. The summed E-state index contributed by atoms with van der Waals surface area (Å²) >= 11 is 11.7. The van der Waals surface area contributed by atoms with Crippen LogP contribution in [-0.2, 0) is 4.79 Å². The molecule has 2 aromatic carbocycles. The summed E-state index contributed by atoms with van der Waals surface area (Å²) in [4.78, 5) is 12.1. The van der Waals surface area contributed by atoms with Gasteiger partial charge < -0.3 is 14.2 Å². The molecule has 0 radical (unpaired) electrons. The van der Waals surface area contributed by atoms with Gasteiger partial charge in [-0.1, -0.05) is 35.3 Å². The molecule has 0 fully saturated rings. The molecule has 108 valence electrons. The molecule has 3 rings (SSSR count). The van der Waals surface area contributed by atoms with Crippen molar-refractivity contribution < 1.29 is 19.0 Å². The van der Waals surface area contributed by atoms with Gasteiger partial charge in [-0.05, 0) is 24.3 Å². The Kier molecular flexibility index (Phi) is 3.90. The molecule has 1 aliphatic heterocycles. The number of halogens is 2. The molecule has 1 aliphatic rings. The van der Waals surface area contributed by atoms with Crippen LogP contribution in [0.1, 0.15) is 0 Å². The van der Waals surface area contributed by atoms with Gasteiger partial charge in [0.25, 0.3) is 0 Å². The summed E-state index contributed by atoms with van der Waals surface area (Å²) < 4.78 is 16.2. The van der Waals surface area contributed by atoms with Gasteiger partial charge in [-0.2, -0.15) is 0 Å². The fraction of sp³-hybridized carbons (Fsp3) is 0.133. The number of fused-ring (bicyclic) bond motifs is 1. The molecule has 0 aliphatic carbocycles. The molecular formula is C15H10Cl2O4. The number of hydrogen-bond acceptors (Lipinski definition) is 4. The van der Waals surface area contributed by atoms with Gasteiger partial charge in [0.2, 0.25) is 6.10 Å². The molecule has 6 heteroatoms. The van der Waals surface area contributed by atoms with Crippen LogP contribution in [-0.4, -0.2) is 18.7 Å². The van der Waals surface area contributed by atoms with Crippen LogP contribution < -0.4 is 14.2 Å². The zero-order valence-electron chi connectivity index (χ0n) is 10.7. The Hall–Kier alpha value is -1.91. The molecule has 0 bridgehead atoms. The highest BCUT2D eigenvalue weighted by Crippen LogP contribution is 2.31. The minimum absolute atomic E-state index is 0.0944. The molecule has 1 atom stereocenters. The van der Waals surface area contributed by atoms with E-state index in [1.807, 2.05) is 6.07 Å². The van der Waals surface area contributed by atoms with Crippen molar-refractivity contribution in [3.05, 3.63) is 52.5 Å². The zero-order valence-corrected chi connectivity index (χ0v) is 12.2. The van der Waals surface area contributed by atoms with E-state index in [0.29, 0.717) is 27.3 Å². The zero-order chi connectivity index (χ0) is 14.8. The van der Waals surface area contributed by atoms with E-state index in [4.69, 9.17) is 37.4 Å². The highest BCUT2D eigenvalue weighted by atomic mass is 35.5. The summed E-state index contributed by atoms with van der Waals surface area (Å²) in [5.74, 6) is 0.871. The van der Waals surface area contributed by atoms with E-state index < -0.39 is 12.1 Å². The number of esters is 1. The highest BCUT2D eigenvalue weighted by Gasteiger charge is 2.29. The second-order valence-corrected chi connectivity index (χ2v) is 5.18. The minimum Gasteiger partial charge on any atom is -0.485 e. The normalized spacial score (nSPS) is 16.4. The average molecular weight is 325 g/mol. The highest BCUT2D eigenvalue weighted by molar-refractivity contribution is 6.42. The van der Waals surface area contributed by atoms with Crippen molar-refractivity contribution in [1.29, 1.82) is 0 Å². The van der Waals surface area contributed by atoms with E-state index in [1.165, 1.54) is 6.07 Å². The fourth-order valence-corrected chi connectivity index (χ4v) is 2.15. The largest absolute Gasteiger partial charge is 0.485 e. The Morgan fingerprint density at radius 3 is 2.62 bits per heavy atom. The first-order valence-electron chi connectivity index (χ1n) is 6.19. The lowest BCUT2D eigenvalue weighted by atomic mass is 10.2. The Morgan fingerprint density at radius 2 is 1.86 bits per heavy atom. The molecule has 21 heavy (non-hydrogen) atoms. The molecule has 4 nitrogen and oxygen atoms in total. The third-order valence-electron chi connectivity index (χ3n) is 2.88. The monoisotopic (exact) mass is 324 g/mol. The molecule has 0 N–H and O–H groups in total. The van der Waals surface area contributed by atoms with Crippen molar-refractivity contribution in [2.75, 3.05) is 6.61 Å². The molecule has 0 amide bonds. The van der Waals surface area contributed by atoms with Crippen LogP contribution in [0.15, 0.2) is 42.5 Å². The summed E-state index contributed by atoms with van der Waals surface area (Å²) in [5, 5.41) is 0.704. The van der Waals surface area contributed by atoms with E-state index in [-0.39, 0.29) is 6.61 Å². The summed E-state index contributed by atoms with van der Waals surface area (Å²) in [6.45, 7) is 0.0944. The Labute approximate surface area is 131 Å². The van der Waals surface area contributed by atoms with Crippen molar-refractivity contribution in [2.45, 2.75) is 6.10 Å². The van der Waals surface area contributed by atoms with Crippen LogP contribution in [0.5, 0.6) is 17.2 Å². The quantitative estimate of drug-likeness (QED) is 0.623. The molecule has 0 aromatic heterocycles. The SMILES string of the molecule is O=C(Oc1ccc(Cl)c(Cl)c1)C1COc2ccccc2O1.